The Labute approximate surface area is 180 Å². The van der Waals surface area contributed by atoms with Gasteiger partial charge in [-0.25, -0.2) is 4.79 Å². The second-order valence-corrected chi connectivity index (χ2v) is 6.96. The van der Waals surface area contributed by atoms with Gasteiger partial charge in [-0.2, -0.15) is 0 Å². The Kier molecular flexibility index (Phi) is 9.68. The van der Waals surface area contributed by atoms with Gasteiger partial charge in [0, 0.05) is 12.8 Å². The highest BCUT2D eigenvalue weighted by Crippen LogP contribution is 2.34. The van der Waals surface area contributed by atoms with E-state index in [1.54, 1.807) is 19.1 Å². The van der Waals surface area contributed by atoms with Crippen molar-refractivity contribution in [2.24, 2.45) is 5.73 Å². The summed E-state index contributed by atoms with van der Waals surface area (Å²) in [6, 6.07) is 0.649. The van der Waals surface area contributed by atoms with E-state index in [0.29, 0.717) is 28.2 Å². The molecule has 2 atom stereocenters. The van der Waals surface area contributed by atoms with E-state index in [1.807, 2.05) is 0 Å². The van der Waals surface area contributed by atoms with E-state index < -0.39 is 29.9 Å². The van der Waals surface area contributed by atoms with Gasteiger partial charge >= 0.3 is 11.9 Å². The molecular weight excluding hydrogens is 408 g/mol. The smallest absolute Gasteiger partial charge is 0.330 e. The summed E-state index contributed by atoms with van der Waals surface area (Å²) in [4.78, 5) is 46.5. The van der Waals surface area contributed by atoms with Gasteiger partial charge in [-0.3, -0.25) is 14.4 Å². The molecule has 0 aromatic heterocycles. The lowest BCUT2D eigenvalue weighted by Crippen LogP contribution is -2.47. The summed E-state index contributed by atoms with van der Waals surface area (Å²) in [6.45, 7) is 3.13. The van der Waals surface area contributed by atoms with Crippen LogP contribution in [0.4, 0.5) is 0 Å². The lowest BCUT2D eigenvalue weighted by Gasteiger charge is -2.18. The predicted molar refractivity (Wildman–Crippen MR) is 112 cm³/mol. The molecule has 0 aliphatic rings. The van der Waals surface area contributed by atoms with Gasteiger partial charge in [0.15, 0.2) is 11.5 Å². The fourth-order valence-electron chi connectivity index (χ4n) is 2.88. The van der Waals surface area contributed by atoms with Crippen molar-refractivity contribution in [2.45, 2.75) is 45.2 Å². The summed E-state index contributed by atoms with van der Waals surface area (Å²) in [7, 11) is 2.93. The minimum atomic E-state index is -1.48. The number of Topliss-reactive ketones (excluding diaryl/α,β-unsaturated/α-hetero) is 1. The van der Waals surface area contributed by atoms with Crippen LogP contribution in [0.1, 0.15) is 37.3 Å². The van der Waals surface area contributed by atoms with Gasteiger partial charge in [0.25, 0.3) is 0 Å². The Balaban J connectivity index is 3.33. The molecule has 0 saturated heterocycles. The van der Waals surface area contributed by atoms with Gasteiger partial charge in [-0.05, 0) is 55.2 Å². The number of carboxylic acids is 2. The van der Waals surface area contributed by atoms with Gasteiger partial charge in [-0.1, -0.05) is 0 Å². The molecule has 1 amide bonds. The van der Waals surface area contributed by atoms with Crippen molar-refractivity contribution in [3.63, 3.8) is 0 Å². The van der Waals surface area contributed by atoms with Crippen molar-refractivity contribution in [1.82, 2.24) is 5.32 Å². The predicted octanol–water partition coefficient (Wildman–Crippen LogP) is 1.14. The maximum Gasteiger partial charge on any atom is 0.330 e. The zero-order valence-electron chi connectivity index (χ0n) is 17.9. The number of amides is 1. The summed E-state index contributed by atoms with van der Waals surface area (Å²) in [5, 5.41) is 20.6. The van der Waals surface area contributed by atoms with Crippen LogP contribution in [-0.4, -0.2) is 60.1 Å². The van der Waals surface area contributed by atoms with Crippen molar-refractivity contribution < 1.29 is 38.9 Å². The minimum absolute atomic E-state index is 0.0823. The lowest BCUT2D eigenvalue weighted by molar-refractivity contribution is -0.141. The second kappa shape index (κ2) is 11.7. The van der Waals surface area contributed by atoms with Crippen molar-refractivity contribution in [2.75, 3.05) is 14.2 Å². The minimum Gasteiger partial charge on any atom is -0.493 e. The number of carbonyl (C=O) groups is 4. The summed E-state index contributed by atoms with van der Waals surface area (Å²) >= 11 is 0. The molecule has 0 aliphatic carbocycles. The molecule has 1 rings (SSSR count). The number of hydrogen-bond acceptors (Lipinski definition) is 7. The number of ether oxygens (including phenoxy) is 2. The molecule has 5 N–H and O–H groups in total. The highest BCUT2D eigenvalue weighted by atomic mass is 16.5. The fourth-order valence-corrected chi connectivity index (χ4v) is 2.88. The van der Waals surface area contributed by atoms with E-state index in [4.69, 9.17) is 20.3 Å². The first-order chi connectivity index (χ1) is 14.5. The maximum atomic E-state index is 12.2. The number of methoxy groups -OCH3 is 2. The third-order valence-electron chi connectivity index (χ3n) is 4.45. The van der Waals surface area contributed by atoms with Gasteiger partial charge in [-0.15, -0.1) is 0 Å². The van der Waals surface area contributed by atoms with Gasteiger partial charge in [0.05, 0.1) is 20.3 Å². The number of nitrogens with two attached hydrogens (primary N) is 1. The molecule has 0 saturated carbocycles. The number of rotatable bonds is 12. The van der Waals surface area contributed by atoms with Crippen LogP contribution in [0.15, 0.2) is 18.2 Å². The van der Waals surface area contributed by atoms with Gasteiger partial charge < -0.3 is 30.7 Å². The number of carbonyl (C=O) groups excluding carboxylic acids is 2. The van der Waals surface area contributed by atoms with Crippen LogP contribution in [0.5, 0.6) is 11.5 Å². The Hall–Kier alpha value is -3.40. The number of aryl methyl sites for hydroxylation is 1. The van der Waals surface area contributed by atoms with Crippen LogP contribution in [0.2, 0.25) is 0 Å². The summed E-state index contributed by atoms with van der Waals surface area (Å²) in [6.07, 6.45) is 0.704. The summed E-state index contributed by atoms with van der Waals surface area (Å²) < 4.78 is 10.5. The molecule has 1 aromatic carbocycles. The lowest BCUT2D eigenvalue weighted by atomic mass is 9.94. The molecule has 0 aliphatic heterocycles. The largest absolute Gasteiger partial charge is 0.493 e. The van der Waals surface area contributed by atoms with Crippen LogP contribution in [-0.2, 0) is 19.2 Å². The zero-order chi connectivity index (χ0) is 23.7. The number of aliphatic carboxylic acids is 2. The molecule has 10 nitrogen and oxygen atoms in total. The van der Waals surface area contributed by atoms with Gasteiger partial charge in [0.1, 0.15) is 11.8 Å². The molecule has 170 valence electrons. The molecule has 10 heteroatoms. The molecule has 2 unspecified atom stereocenters. The number of carboxylic acid groups (broad SMARTS) is 2. The van der Waals surface area contributed by atoms with Crippen LogP contribution < -0.4 is 20.5 Å². The Morgan fingerprint density at radius 2 is 1.71 bits per heavy atom. The first-order valence-corrected chi connectivity index (χ1v) is 9.43. The third kappa shape index (κ3) is 7.74. The number of ketones is 1. The van der Waals surface area contributed by atoms with Crippen molar-refractivity contribution in [1.29, 1.82) is 0 Å². The van der Waals surface area contributed by atoms with Crippen LogP contribution in [0.3, 0.4) is 0 Å². The summed E-state index contributed by atoms with van der Waals surface area (Å²) in [5.74, 6) is -2.64. The average molecular weight is 436 g/mol. The fraction of sp³-hybridized carbons (Fsp3) is 0.429. The summed E-state index contributed by atoms with van der Waals surface area (Å²) in [5.41, 5.74) is 7.30. The van der Waals surface area contributed by atoms with Crippen molar-refractivity contribution in [3.05, 3.63) is 29.3 Å². The number of benzene rings is 1. The van der Waals surface area contributed by atoms with Crippen LogP contribution >= 0.6 is 0 Å². The SMILES string of the molecule is COc1cc(C)c(/C(=C/C(NC(=O)C(N)CCC(=O)O)C(=O)O)CC(C)=O)cc1OC. The molecule has 0 fully saturated rings. The van der Waals surface area contributed by atoms with E-state index >= 15 is 0 Å². The highest BCUT2D eigenvalue weighted by molar-refractivity contribution is 5.93. The quantitative estimate of drug-likeness (QED) is 0.376. The first-order valence-electron chi connectivity index (χ1n) is 9.43. The van der Waals surface area contributed by atoms with Gasteiger partial charge in [0.2, 0.25) is 5.91 Å². The molecule has 1 aromatic rings. The maximum absolute atomic E-state index is 12.2. The third-order valence-corrected chi connectivity index (χ3v) is 4.45. The van der Waals surface area contributed by atoms with Crippen molar-refractivity contribution in [3.8, 4) is 11.5 Å². The second-order valence-electron chi connectivity index (χ2n) is 6.96. The van der Waals surface area contributed by atoms with E-state index in [9.17, 15) is 24.3 Å². The number of hydrogen-bond donors (Lipinski definition) is 4. The normalized spacial score (nSPS) is 13.1. The number of nitrogens with one attached hydrogen (secondary N) is 1. The van der Waals surface area contributed by atoms with E-state index in [0.717, 1.165) is 0 Å². The highest BCUT2D eigenvalue weighted by Gasteiger charge is 2.24. The molecule has 0 radical (unpaired) electrons. The topological polar surface area (TPSA) is 165 Å². The van der Waals surface area contributed by atoms with E-state index in [2.05, 4.69) is 5.32 Å². The first kappa shape index (κ1) is 25.6. The van der Waals surface area contributed by atoms with Crippen LogP contribution in [0, 0.1) is 6.92 Å². The van der Waals surface area contributed by atoms with E-state index in [-0.39, 0.29) is 25.0 Å². The zero-order valence-corrected chi connectivity index (χ0v) is 17.9. The standard InChI is InChI=1S/C21H28N2O8/c1-11-7-17(30-3)18(31-4)10-14(11)13(8-12(2)24)9-16(21(28)29)23-20(27)15(22)5-6-19(25)26/h7,9-10,15-16H,5-6,8,22H2,1-4H3,(H,23,27)(H,25,26)(H,28,29)/b13-9+. The molecule has 0 bridgehead atoms. The Morgan fingerprint density at radius 1 is 1.13 bits per heavy atom. The van der Waals surface area contributed by atoms with E-state index in [1.165, 1.54) is 27.2 Å². The monoisotopic (exact) mass is 436 g/mol. The molecular formula is C21H28N2O8. The van der Waals surface area contributed by atoms with Crippen LogP contribution in [0.25, 0.3) is 5.57 Å². The Bertz CT molecular complexity index is 878. The van der Waals surface area contributed by atoms with Crippen molar-refractivity contribution >= 4 is 29.2 Å². The number of allylic oxidation sites excluding steroid dienone is 1. The Morgan fingerprint density at radius 3 is 2.19 bits per heavy atom. The molecule has 0 heterocycles. The molecule has 31 heavy (non-hydrogen) atoms. The molecule has 0 spiro atoms. The average Bonchev–Trinajstić information content (AvgIpc) is 2.69.